The van der Waals surface area contributed by atoms with E-state index in [0.29, 0.717) is 18.5 Å². The number of rotatable bonds is 9. The molecule has 0 spiro atoms. The molecule has 1 aliphatic rings. The SMILES string of the molecule is COc1ccc(CCn2c(C)cc(C(=O)CN3C(=O)NC(Cc4c[nH]c5ccccc45)C3=O)c2C)cc1. The molecule has 5 rings (SSSR count). The number of ether oxygens (including phenoxy) is 1. The summed E-state index contributed by atoms with van der Waals surface area (Å²) < 4.78 is 7.32. The van der Waals surface area contributed by atoms with Crippen molar-refractivity contribution in [3.05, 3.63) is 88.9 Å². The first kappa shape index (κ1) is 24.4. The molecule has 37 heavy (non-hydrogen) atoms. The van der Waals surface area contributed by atoms with Crippen LogP contribution >= 0.6 is 0 Å². The van der Waals surface area contributed by atoms with Gasteiger partial charge < -0.3 is 19.6 Å². The van der Waals surface area contributed by atoms with Crippen molar-refractivity contribution in [1.82, 2.24) is 19.8 Å². The number of ketones is 1. The van der Waals surface area contributed by atoms with Crippen LogP contribution in [0.25, 0.3) is 10.9 Å². The van der Waals surface area contributed by atoms with E-state index in [1.807, 2.05) is 74.6 Å². The summed E-state index contributed by atoms with van der Waals surface area (Å²) in [5, 5.41) is 3.76. The van der Waals surface area contributed by atoms with Crippen molar-refractivity contribution in [2.24, 2.45) is 0 Å². The molecule has 1 atom stereocenters. The maximum atomic E-state index is 13.2. The topological polar surface area (TPSA) is 96.4 Å². The Morgan fingerprint density at radius 3 is 2.57 bits per heavy atom. The van der Waals surface area contributed by atoms with Crippen LogP contribution in [0.2, 0.25) is 0 Å². The number of benzene rings is 2. The number of carbonyl (C=O) groups excluding carboxylic acids is 3. The van der Waals surface area contributed by atoms with Crippen molar-refractivity contribution < 1.29 is 19.1 Å². The number of carbonyl (C=O) groups is 3. The monoisotopic (exact) mass is 498 g/mol. The van der Waals surface area contributed by atoms with Crippen LogP contribution in [-0.4, -0.2) is 51.9 Å². The molecule has 1 aliphatic heterocycles. The van der Waals surface area contributed by atoms with Crippen LogP contribution in [0.4, 0.5) is 4.79 Å². The first-order valence-electron chi connectivity index (χ1n) is 12.4. The van der Waals surface area contributed by atoms with Crippen molar-refractivity contribution in [1.29, 1.82) is 0 Å². The zero-order valence-corrected chi connectivity index (χ0v) is 21.2. The molecule has 2 N–H and O–H groups in total. The Kier molecular flexibility index (Phi) is 6.56. The van der Waals surface area contributed by atoms with E-state index < -0.39 is 12.1 Å². The number of hydrogen-bond acceptors (Lipinski definition) is 4. The van der Waals surface area contributed by atoms with Crippen LogP contribution in [0, 0.1) is 13.8 Å². The van der Waals surface area contributed by atoms with Gasteiger partial charge in [0.2, 0.25) is 0 Å². The van der Waals surface area contributed by atoms with E-state index >= 15 is 0 Å². The molecule has 0 saturated carbocycles. The Hall–Kier alpha value is -4.33. The molecular weight excluding hydrogens is 468 g/mol. The predicted molar refractivity (Wildman–Crippen MR) is 141 cm³/mol. The molecule has 190 valence electrons. The van der Waals surface area contributed by atoms with Gasteiger partial charge in [-0.3, -0.25) is 14.5 Å². The molecule has 1 unspecified atom stereocenters. The van der Waals surface area contributed by atoms with Crippen LogP contribution in [0.5, 0.6) is 5.75 Å². The molecule has 2 aromatic carbocycles. The molecule has 0 radical (unpaired) electrons. The van der Waals surface area contributed by atoms with Crippen LogP contribution in [0.15, 0.2) is 60.8 Å². The van der Waals surface area contributed by atoms with Crippen LogP contribution in [0.3, 0.4) is 0 Å². The molecule has 4 aromatic rings. The fourth-order valence-corrected chi connectivity index (χ4v) is 5.07. The number of aryl methyl sites for hydroxylation is 2. The summed E-state index contributed by atoms with van der Waals surface area (Å²) in [5.74, 6) is 0.186. The number of aromatic amines is 1. The van der Waals surface area contributed by atoms with Gasteiger partial charge in [-0.05, 0) is 55.7 Å². The van der Waals surface area contributed by atoms with Crippen LogP contribution < -0.4 is 10.1 Å². The van der Waals surface area contributed by atoms with Gasteiger partial charge in [-0.2, -0.15) is 0 Å². The lowest BCUT2D eigenvalue weighted by Crippen LogP contribution is -2.36. The molecule has 8 heteroatoms. The highest BCUT2D eigenvalue weighted by Crippen LogP contribution is 2.22. The zero-order chi connectivity index (χ0) is 26.1. The summed E-state index contributed by atoms with van der Waals surface area (Å²) in [6, 6.07) is 16.4. The van der Waals surface area contributed by atoms with E-state index in [0.717, 1.165) is 44.9 Å². The van der Waals surface area contributed by atoms with Gasteiger partial charge in [-0.1, -0.05) is 30.3 Å². The molecule has 8 nitrogen and oxygen atoms in total. The average Bonchev–Trinajstić information content (AvgIpc) is 3.53. The van der Waals surface area contributed by atoms with E-state index in [4.69, 9.17) is 4.74 Å². The van der Waals surface area contributed by atoms with Crippen molar-refractivity contribution in [3.8, 4) is 5.75 Å². The number of imide groups is 1. The second-order valence-corrected chi connectivity index (χ2v) is 9.45. The van der Waals surface area contributed by atoms with Crippen molar-refractivity contribution in [2.45, 2.75) is 39.3 Å². The van der Waals surface area contributed by atoms with Crippen LogP contribution in [0.1, 0.15) is 32.9 Å². The third-order valence-electron chi connectivity index (χ3n) is 7.16. The highest BCUT2D eigenvalue weighted by molar-refractivity contribution is 6.09. The standard InChI is InChI=1S/C29H30N4O4/c1-18-14-24(19(2)32(18)13-12-20-8-10-22(37-3)11-9-20)27(34)17-33-28(35)26(31-29(33)36)15-21-16-30-25-7-5-4-6-23(21)25/h4-11,14,16,26,30H,12-13,15,17H2,1-3H3,(H,31,36). The average molecular weight is 499 g/mol. The maximum Gasteiger partial charge on any atom is 0.325 e. The number of nitrogens with zero attached hydrogens (tertiary/aromatic N) is 2. The van der Waals surface area contributed by atoms with Crippen molar-refractivity contribution >= 4 is 28.6 Å². The Bertz CT molecular complexity index is 1480. The van der Waals surface area contributed by atoms with Gasteiger partial charge in [0.1, 0.15) is 11.8 Å². The zero-order valence-electron chi connectivity index (χ0n) is 21.2. The van der Waals surface area contributed by atoms with E-state index in [1.54, 1.807) is 7.11 Å². The number of hydrogen-bond donors (Lipinski definition) is 2. The fraction of sp³-hybridized carbons (Fsp3) is 0.276. The number of aromatic nitrogens is 2. The molecule has 1 fully saturated rings. The number of nitrogens with one attached hydrogen (secondary N) is 2. The second-order valence-electron chi connectivity index (χ2n) is 9.45. The largest absolute Gasteiger partial charge is 0.497 e. The Balaban J connectivity index is 1.25. The van der Waals surface area contributed by atoms with Crippen molar-refractivity contribution in [3.63, 3.8) is 0 Å². The summed E-state index contributed by atoms with van der Waals surface area (Å²) in [4.78, 5) is 43.2. The summed E-state index contributed by atoms with van der Waals surface area (Å²) in [6.07, 6.45) is 3.02. The molecule has 0 aliphatic carbocycles. The van der Waals surface area contributed by atoms with Gasteiger partial charge in [0.05, 0.1) is 13.7 Å². The van der Waals surface area contributed by atoms with Gasteiger partial charge in [0, 0.05) is 47.0 Å². The highest BCUT2D eigenvalue weighted by Gasteiger charge is 2.39. The number of Topliss-reactive ketones (excluding diaryl/α,β-unsaturated/α-hetero) is 1. The number of urea groups is 1. The second kappa shape index (κ2) is 9.97. The first-order chi connectivity index (χ1) is 17.9. The van der Waals surface area contributed by atoms with E-state index in [2.05, 4.69) is 14.9 Å². The summed E-state index contributed by atoms with van der Waals surface area (Å²) in [7, 11) is 1.64. The summed E-state index contributed by atoms with van der Waals surface area (Å²) >= 11 is 0. The number of para-hydroxylation sites is 1. The quantitative estimate of drug-likeness (QED) is 0.267. The van der Waals surface area contributed by atoms with E-state index in [-0.39, 0.29) is 18.2 Å². The molecule has 3 heterocycles. The number of amides is 3. The van der Waals surface area contributed by atoms with E-state index in [9.17, 15) is 14.4 Å². The fourth-order valence-electron chi connectivity index (χ4n) is 5.07. The van der Waals surface area contributed by atoms with Crippen molar-refractivity contribution in [2.75, 3.05) is 13.7 Å². The molecule has 0 bridgehead atoms. The number of methoxy groups -OCH3 is 1. The van der Waals surface area contributed by atoms with Gasteiger partial charge in [0.25, 0.3) is 5.91 Å². The van der Waals surface area contributed by atoms with Gasteiger partial charge in [-0.15, -0.1) is 0 Å². The third-order valence-corrected chi connectivity index (χ3v) is 7.16. The Labute approximate surface area is 215 Å². The lowest BCUT2D eigenvalue weighted by Gasteiger charge is -2.13. The molecular formula is C29H30N4O4. The Morgan fingerprint density at radius 2 is 1.81 bits per heavy atom. The van der Waals surface area contributed by atoms with E-state index in [1.165, 1.54) is 5.56 Å². The maximum absolute atomic E-state index is 13.2. The molecule has 3 amide bonds. The van der Waals surface area contributed by atoms with Gasteiger partial charge in [0.15, 0.2) is 5.78 Å². The number of H-pyrrole nitrogens is 1. The first-order valence-corrected chi connectivity index (χ1v) is 12.4. The normalized spacial score (nSPS) is 15.4. The molecule has 2 aromatic heterocycles. The summed E-state index contributed by atoms with van der Waals surface area (Å²) in [6.45, 7) is 4.30. The smallest absolute Gasteiger partial charge is 0.325 e. The van der Waals surface area contributed by atoms with Gasteiger partial charge >= 0.3 is 6.03 Å². The lowest BCUT2D eigenvalue weighted by atomic mass is 10.0. The summed E-state index contributed by atoms with van der Waals surface area (Å²) in [5.41, 5.74) is 5.42. The minimum absolute atomic E-state index is 0.250. The molecule has 1 saturated heterocycles. The number of fused-ring (bicyclic) bond motifs is 1. The van der Waals surface area contributed by atoms with Crippen LogP contribution in [-0.2, 0) is 24.2 Å². The predicted octanol–water partition coefficient (Wildman–Crippen LogP) is 4.18. The minimum atomic E-state index is -0.698. The lowest BCUT2D eigenvalue weighted by molar-refractivity contribution is -0.127. The highest BCUT2D eigenvalue weighted by atomic mass is 16.5. The minimum Gasteiger partial charge on any atom is -0.497 e. The third kappa shape index (κ3) is 4.74. The Morgan fingerprint density at radius 1 is 1.05 bits per heavy atom. The van der Waals surface area contributed by atoms with Gasteiger partial charge in [-0.25, -0.2) is 4.79 Å².